The molecule has 0 aromatic carbocycles. The molecule has 0 aliphatic heterocycles. The van der Waals surface area contributed by atoms with E-state index in [0.717, 1.165) is 14.2 Å². The van der Waals surface area contributed by atoms with E-state index in [9.17, 15) is 14.7 Å². The standard InChI is InChI=1S/C12H10O7/c1-16-11(14)9-7(6-4-3-5-18-6)8(13)10(19-9)12(15)17-2/h3-5,13H,1-2H3. The highest BCUT2D eigenvalue weighted by Crippen LogP contribution is 2.39. The highest BCUT2D eigenvalue weighted by Gasteiger charge is 2.31. The van der Waals surface area contributed by atoms with Gasteiger partial charge in [-0.25, -0.2) is 9.59 Å². The molecule has 19 heavy (non-hydrogen) atoms. The van der Waals surface area contributed by atoms with Crippen LogP contribution in [0.1, 0.15) is 21.1 Å². The average Bonchev–Trinajstić information content (AvgIpc) is 3.04. The summed E-state index contributed by atoms with van der Waals surface area (Å²) in [6, 6.07) is 3.05. The maximum Gasteiger partial charge on any atom is 0.377 e. The van der Waals surface area contributed by atoms with Gasteiger partial charge in [0.15, 0.2) is 5.75 Å². The number of ether oxygens (including phenoxy) is 2. The van der Waals surface area contributed by atoms with Gasteiger partial charge in [-0.1, -0.05) is 0 Å². The van der Waals surface area contributed by atoms with Gasteiger partial charge >= 0.3 is 11.9 Å². The summed E-state index contributed by atoms with van der Waals surface area (Å²) in [6.45, 7) is 0. The van der Waals surface area contributed by atoms with Crippen molar-refractivity contribution >= 4 is 11.9 Å². The van der Waals surface area contributed by atoms with Crippen molar-refractivity contribution in [1.82, 2.24) is 0 Å². The third kappa shape index (κ3) is 2.05. The number of carbonyl (C=O) groups is 2. The molecule has 0 bridgehead atoms. The average molecular weight is 266 g/mol. The highest BCUT2D eigenvalue weighted by molar-refractivity contribution is 6.00. The van der Waals surface area contributed by atoms with E-state index in [4.69, 9.17) is 8.83 Å². The van der Waals surface area contributed by atoms with Crippen LogP contribution in [0.15, 0.2) is 27.2 Å². The first-order valence-electron chi connectivity index (χ1n) is 5.16. The van der Waals surface area contributed by atoms with Crippen LogP contribution in [0.3, 0.4) is 0 Å². The number of methoxy groups -OCH3 is 2. The van der Waals surface area contributed by atoms with Gasteiger partial charge < -0.3 is 23.4 Å². The molecule has 0 aliphatic carbocycles. The molecule has 7 heteroatoms. The highest BCUT2D eigenvalue weighted by atomic mass is 16.6. The Kier molecular flexibility index (Phi) is 3.28. The van der Waals surface area contributed by atoms with Gasteiger partial charge in [0.1, 0.15) is 11.3 Å². The van der Waals surface area contributed by atoms with Crippen LogP contribution >= 0.6 is 0 Å². The minimum atomic E-state index is -0.916. The van der Waals surface area contributed by atoms with Crippen molar-refractivity contribution in [2.45, 2.75) is 0 Å². The lowest BCUT2D eigenvalue weighted by Crippen LogP contribution is -2.01. The van der Waals surface area contributed by atoms with Crippen molar-refractivity contribution in [3.05, 3.63) is 29.9 Å². The molecule has 0 unspecified atom stereocenters. The Morgan fingerprint density at radius 2 is 1.79 bits per heavy atom. The molecule has 100 valence electrons. The van der Waals surface area contributed by atoms with Crippen molar-refractivity contribution in [2.24, 2.45) is 0 Å². The molecule has 1 N–H and O–H groups in total. The number of hydrogen-bond donors (Lipinski definition) is 1. The number of hydrogen-bond acceptors (Lipinski definition) is 7. The molecule has 0 aliphatic rings. The van der Waals surface area contributed by atoms with Gasteiger partial charge in [0, 0.05) is 0 Å². The molecule has 0 spiro atoms. The van der Waals surface area contributed by atoms with E-state index in [1.165, 1.54) is 12.3 Å². The summed E-state index contributed by atoms with van der Waals surface area (Å²) in [5.74, 6) is -2.97. The Morgan fingerprint density at radius 3 is 2.32 bits per heavy atom. The molecule has 7 nitrogen and oxygen atoms in total. The third-order valence-corrected chi connectivity index (χ3v) is 2.39. The monoisotopic (exact) mass is 266 g/mol. The van der Waals surface area contributed by atoms with Crippen LogP contribution < -0.4 is 0 Å². The molecule has 2 aromatic rings. The van der Waals surface area contributed by atoms with Crippen LogP contribution in [0.5, 0.6) is 5.75 Å². The van der Waals surface area contributed by atoms with E-state index in [-0.39, 0.29) is 17.1 Å². The Labute approximate surface area is 107 Å². The zero-order chi connectivity index (χ0) is 14.0. The lowest BCUT2D eigenvalue weighted by Gasteiger charge is -1.97. The van der Waals surface area contributed by atoms with Crippen molar-refractivity contribution in [1.29, 1.82) is 0 Å². The third-order valence-electron chi connectivity index (χ3n) is 2.39. The molecule has 2 heterocycles. The van der Waals surface area contributed by atoms with Crippen LogP contribution in [0.4, 0.5) is 0 Å². The lowest BCUT2D eigenvalue weighted by molar-refractivity contribution is 0.0529. The largest absolute Gasteiger partial charge is 0.503 e. The smallest absolute Gasteiger partial charge is 0.377 e. The maximum atomic E-state index is 11.6. The summed E-state index contributed by atoms with van der Waals surface area (Å²) in [6.07, 6.45) is 1.35. The topological polar surface area (TPSA) is 99.1 Å². The zero-order valence-electron chi connectivity index (χ0n) is 10.1. The summed E-state index contributed by atoms with van der Waals surface area (Å²) in [4.78, 5) is 23.0. The molecular weight excluding hydrogens is 256 g/mol. The van der Waals surface area contributed by atoms with E-state index < -0.39 is 23.4 Å². The molecule has 0 atom stereocenters. The summed E-state index contributed by atoms with van der Waals surface area (Å²) in [5.41, 5.74) is -0.0581. The maximum absolute atomic E-state index is 11.6. The molecule has 0 saturated heterocycles. The van der Waals surface area contributed by atoms with Crippen molar-refractivity contribution in [3.8, 4) is 17.1 Å². The van der Waals surface area contributed by atoms with Crippen LogP contribution in [0.25, 0.3) is 11.3 Å². The van der Waals surface area contributed by atoms with E-state index in [1.807, 2.05) is 0 Å². The molecule has 0 saturated carbocycles. The van der Waals surface area contributed by atoms with E-state index in [0.29, 0.717) is 0 Å². The Balaban J connectivity index is 2.65. The van der Waals surface area contributed by atoms with E-state index >= 15 is 0 Å². The molecule has 2 aromatic heterocycles. The molecule has 0 fully saturated rings. The van der Waals surface area contributed by atoms with Gasteiger partial charge in [-0.15, -0.1) is 0 Å². The fraction of sp³-hybridized carbons (Fsp3) is 0.167. The minimum absolute atomic E-state index is 0.0581. The fourth-order valence-electron chi connectivity index (χ4n) is 1.54. The lowest BCUT2D eigenvalue weighted by atomic mass is 10.1. The second-order valence-electron chi connectivity index (χ2n) is 3.44. The van der Waals surface area contributed by atoms with Gasteiger partial charge in [-0.2, -0.15) is 0 Å². The van der Waals surface area contributed by atoms with Crippen LogP contribution in [0, 0.1) is 0 Å². The first-order chi connectivity index (χ1) is 9.10. The fourth-order valence-corrected chi connectivity index (χ4v) is 1.54. The van der Waals surface area contributed by atoms with Gasteiger partial charge in [-0.3, -0.25) is 0 Å². The Hall–Kier alpha value is -2.70. The predicted octanol–water partition coefficient (Wildman–Crippen LogP) is 1.82. The van der Waals surface area contributed by atoms with E-state index in [1.54, 1.807) is 6.07 Å². The second kappa shape index (κ2) is 4.89. The summed E-state index contributed by atoms with van der Waals surface area (Å²) >= 11 is 0. The molecular formula is C12H10O7. The minimum Gasteiger partial charge on any atom is -0.503 e. The van der Waals surface area contributed by atoms with Gasteiger partial charge in [0.05, 0.1) is 20.5 Å². The van der Waals surface area contributed by atoms with Crippen molar-refractivity contribution in [2.75, 3.05) is 14.2 Å². The predicted molar refractivity (Wildman–Crippen MR) is 60.8 cm³/mol. The Bertz CT molecular complexity index is 606. The van der Waals surface area contributed by atoms with Crippen LogP contribution in [-0.4, -0.2) is 31.3 Å². The van der Waals surface area contributed by atoms with Crippen molar-refractivity contribution < 1.29 is 33.0 Å². The number of rotatable bonds is 3. The molecule has 2 rings (SSSR count). The van der Waals surface area contributed by atoms with Gasteiger partial charge in [-0.05, 0) is 12.1 Å². The summed E-state index contributed by atoms with van der Waals surface area (Å²) in [5, 5.41) is 9.97. The normalized spacial score (nSPS) is 10.2. The summed E-state index contributed by atoms with van der Waals surface area (Å²) < 4.78 is 19.1. The van der Waals surface area contributed by atoms with E-state index in [2.05, 4.69) is 9.47 Å². The Morgan fingerprint density at radius 1 is 1.16 bits per heavy atom. The second-order valence-corrected chi connectivity index (χ2v) is 3.44. The zero-order valence-corrected chi connectivity index (χ0v) is 10.1. The van der Waals surface area contributed by atoms with Gasteiger partial charge in [0.25, 0.3) is 5.76 Å². The number of carbonyl (C=O) groups excluding carboxylic acids is 2. The molecule has 0 radical (unpaired) electrons. The first-order valence-corrected chi connectivity index (χ1v) is 5.16. The number of aromatic hydroxyl groups is 1. The number of furan rings is 2. The van der Waals surface area contributed by atoms with Crippen LogP contribution in [-0.2, 0) is 9.47 Å². The van der Waals surface area contributed by atoms with Crippen LogP contribution in [0.2, 0.25) is 0 Å². The van der Waals surface area contributed by atoms with Gasteiger partial charge in [0.2, 0.25) is 5.76 Å². The summed E-state index contributed by atoms with van der Waals surface area (Å²) in [7, 11) is 2.26. The molecule has 0 amide bonds. The number of esters is 2. The van der Waals surface area contributed by atoms with Crippen molar-refractivity contribution in [3.63, 3.8) is 0 Å². The quantitative estimate of drug-likeness (QED) is 0.845. The SMILES string of the molecule is COC(=O)c1oc(C(=O)OC)c(-c2ccco2)c1O. The first kappa shape index (κ1) is 12.7.